The molecule has 24 heavy (non-hydrogen) atoms. The van der Waals surface area contributed by atoms with Gasteiger partial charge >= 0.3 is 0 Å². The van der Waals surface area contributed by atoms with Gasteiger partial charge in [-0.25, -0.2) is 4.98 Å². The van der Waals surface area contributed by atoms with Gasteiger partial charge in [0.05, 0.1) is 11.7 Å². The smallest absolute Gasteiger partial charge is 0.207 e. The molecule has 0 saturated heterocycles. The molecule has 4 rings (SSSR count). The van der Waals surface area contributed by atoms with Crippen molar-refractivity contribution in [3.8, 4) is 11.1 Å². The molecular formula is C17H16N6O. The summed E-state index contributed by atoms with van der Waals surface area (Å²) in [6.07, 6.45) is 7.80. The zero-order chi connectivity index (χ0) is 16.4. The molecule has 0 unspecified atom stereocenters. The van der Waals surface area contributed by atoms with Crippen molar-refractivity contribution in [1.29, 1.82) is 0 Å². The number of H-pyrrole nitrogens is 1. The molecule has 7 nitrogen and oxygen atoms in total. The number of aromatic amines is 1. The van der Waals surface area contributed by atoms with Crippen LogP contribution in [0.3, 0.4) is 0 Å². The standard InChI is InChI=1S/C17H16N6O/c24-11-18-6-1-3-12-9-14-13(5-8-19-17(14)22-12)15-10-21-23-16(15)4-2-7-20-23/h2,4-5,7-11H,1,3,6H2,(H,18,24)(H,19,22). The number of hydrogen-bond acceptors (Lipinski definition) is 4. The lowest BCUT2D eigenvalue weighted by molar-refractivity contribution is -0.109. The predicted molar refractivity (Wildman–Crippen MR) is 90.5 cm³/mol. The molecule has 0 aliphatic heterocycles. The molecule has 1 amide bonds. The fourth-order valence-corrected chi connectivity index (χ4v) is 2.93. The summed E-state index contributed by atoms with van der Waals surface area (Å²) in [5.74, 6) is 0. The normalized spacial score (nSPS) is 11.2. The van der Waals surface area contributed by atoms with Crippen LogP contribution in [0.5, 0.6) is 0 Å². The maximum absolute atomic E-state index is 10.3. The van der Waals surface area contributed by atoms with Gasteiger partial charge in [-0.2, -0.15) is 14.8 Å². The average Bonchev–Trinajstić information content (AvgIpc) is 3.22. The van der Waals surface area contributed by atoms with E-state index in [1.54, 1.807) is 17.0 Å². The third-order valence-corrected chi connectivity index (χ3v) is 4.03. The van der Waals surface area contributed by atoms with Gasteiger partial charge in [0.15, 0.2) is 0 Å². The Morgan fingerprint density at radius 1 is 1.21 bits per heavy atom. The van der Waals surface area contributed by atoms with Crippen LogP contribution in [0.1, 0.15) is 12.1 Å². The van der Waals surface area contributed by atoms with Crippen LogP contribution in [-0.2, 0) is 11.2 Å². The second-order valence-corrected chi connectivity index (χ2v) is 5.55. The highest BCUT2D eigenvalue weighted by atomic mass is 16.1. The number of carbonyl (C=O) groups excluding carboxylic acids is 1. The van der Waals surface area contributed by atoms with Crippen LogP contribution in [0.4, 0.5) is 0 Å². The Labute approximate surface area is 137 Å². The van der Waals surface area contributed by atoms with Crippen molar-refractivity contribution >= 4 is 23.0 Å². The Morgan fingerprint density at radius 3 is 3.08 bits per heavy atom. The van der Waals surface area contributed by atoms with E-state index >= 15 is 0 Å². The molecule has 120 valence electrons. The van der Waals surface area contributed by atoms with E-state index in [1.165, 1.54) is 0 Å². The molecule has 0 bridgehead atoms. The van der Waals surface area contributed by atoms with E-state index in [1.807, 2.05) is 24.4 Å². The first-order valence-corrected chi connectivity index (χ1v) is 7.80. The van der Waals surface area contributed by atoms with E-state index in [4.69, 9.17) is 0 Å². The number of pyridine rings is 1. The highest BCUT2D eigenvalue weighted by molar-refractivity contribution is 5.97. The van der Waals surface area contributed by atoms with Crippen LogP contribution >= 0.6 is 0 Å². The van der Waals surface area contributed by atoms with Crippen molar-refractivity contribution in [1.82, 2.24) is 30.1 Å². The number of nitrogens with zero attached hydrogens (tertiary/aromatic N) is 4. The molecule has 0 saturated carbocycles. The number of nitrogens with one attached hydrogen (secondary N) is 2. The minimum Gasteiger partial charge on any atom is -0.359 e. The second kappa shape index (κ2) is 6.11. The summed E-state index contributed by atoms with van der Waals surface area (Å²) in [6, 6.07) is 8.03. The minimum atomic E-state index is 0.666. The monoisotopic (exact) mass is 320 g/mol. The average molecular weight is 320 g/mol. The van der Waals surface area contributed by atoms with Crippen LogP contribution in [0.25, 0.3) is 27.7 Å². The molecule has 4 aromatic heterocycles. The summed E-state index contributed by atoms with van der Waals surface area (Å²) in [5, 5.41) is 12.3. The summed E-state index contributed by atoms with van der Waals surface area (Å²) in [6.45, 7) is 0.666. The molecule has 0 spiro atoms. The quantitative estimate of drug-likeness (QED) is 0.420. The van der Waals surface area contributed by atoms with Gasteiger partial charge in [0.25, 0.3) is 0 Å². The van der Waals surface area contributed by atoms with E-state index in [2.05, 4.69) is 31.5 Å². The van der Waals surface area contributed by atoms with Gasteiger partial charge in [-0.05, 0) is 42.7 Å². The van der Waals surface area contributed by atoms with Crippen molar-refractivity contribution in [3.63, 3.8) is 0 Å². The second-order valence-electron chi connectivity index (χ2n) is 5.55. The number of hydrogen-bond donors (Lipinski definition) is 2. The zero-order valence-electron chi connectivity index (χ0n) is 12.9. The van der Waals surface area contributed by atoms with Gasteiger partial charge in [-0.3, -0.25) is 4.79 Å². The Kier molecular flexibility index (Phi) is 3.66. The number of fused-ring (bicyclic) bond motifs is 2. The Bertz CT molecular complexity index is 1000. The molecule has 4 heterocycles. The van der Waals surface area contributed by atoms with Crippen LogP contribution in [0.2, 0.25) is 0 Å². The summed E-state index contributed by atoms with van der Waals surface area (Å²) < 4.78 is 1.63. The van der Waals surface area contributed by atoms with E-state index in [9.17, 15) is 4.79 Å². The molecule has 4 aromatic rings. The molecule has 2 N–H and O–H groups in total. The Morgan fingerprint density at radius 2 is 2.17 bits per heavy atom. The molecule has 0 aliphatic rings. The first-order chi connectivity index (χ1) is 11.9. The summed E-state index contributed by atoms with van der Waals surface area (Å²) >= 11 is 0. The van der Waals surface area contributed by atoms with Crippen LogP contribution in [0.15, 0.2) is 42.9 Å². The maximum atomic E-state index is 10.3. The molecule has 0 atom stereocenters. The SMILES string of the molecule is O=CNCCCc1cc2c(-c3cnn4ncccc34)ccnc2[nH]1. The molecule has 0 aromatic carbocycles. The number of aryl methyl sites for hydroxylation is 1. The summed E-state index contributed by atoms with van der Waals surface area (Å²) in [5.41, 5.74) is 5.03. The lowest BCUT2D eigenvalue weighted by Crippen LogP contribution is -2.12. The minimum absolute atomic E-state index is 0.666. The first kappa shape index (κ1) is 14.4. The maximum Gasteiger partial charge on any atom is 0.207 e. The molecule has 0 radical (unpaired) electrons. The van der Waals surface area contributed by atoms with Crippen LogP contribution in [0, 0.1) is 0 Å². The van der Waals surface area contributed by atoms with E-state index < -0.39 is 0 Å². The van der Waals surface area contributed by atoms with Crippen molar-refractivity contribution in [2.75, 3.05) is 6.54 Å². The molecular weight excluding hydrogens is 304 g/mol. The van der Waals surface area contributed by atoms with Gasteiger partial charge in [0.2, 0.25) is 6.41 Å². The fourth-order valence-electron chi connectivity index (χ4n) is 2.93. The van der Waals surface area contributed by atoms with E-state index in [0.717, 1.165) is 52.6 Å². The van der Waals surface area contributed by atoms with Crippen LogP contribution < -0.4 is 5.32 Å². The topological polar surface area (TPSA) is 88.0 Å². The van der Waals surface area contributed by atoms with Crippen molar-refractivity contribution in [2.24, 2.45) is 0 Å². The summed E-state index contributed by atoms with van der Waals surface area (Å²) in [4.78, 5) is 18.1. The Hall–Kier alpha value is -3.22. The summed E-state index contributed by atoms with van der Waals surface area (Å²) in [7, 11) is 0. The highest BCUT2D eigenvalue weighted by Crippen LogP contribution is 2.30. The molecule has 0 fully saturated rings. The lowest BCUT2D eigenvalue weighted by atomic mass is 10.1. The van der Waals surface area contributed by atoms with Gasteiger partial charge in [-0.15, -0.1) is 0 Å². The predicted octanol–water partition coefficient (Wildman–Crippen LogP) is 1.95. The van der Waals surface area contributed by atoms with E-state index in [0.29, 0.717) is 6.54 Å². The number of aromatic nitrogens is 5. The fraction of sp³-hybridized carbons (Fsp3) is 0.176. The number of amides is 1. The largest absolute Gasteiger partial charge is 0.359 e. The van der Waals surface area contributed by atoms with Crippen molar-refractivity contribution in [2.45, 2.75) is 12.8 Å². The molecule has 0 aliphatic carbocycles. The third kappa shape index (κ3) is 2.50. The number of rotatable bonds is 6. The van der Waals surface area contributed by atoms with Gasteiger partial charge in [0, 0.05) is 35.6 Å². The molecule has 7 heteroatoms. The van der Waals surface area contributed by atoms with Crippen molar-refractivity contribution in [3.05, 3.63) is 48.5 Å². The van der Waals surface area contributed by atoms with Gasteiger partial charge < -0.3 is 10.3 Å². The Balaban J connectivity index is 1.73. The first-order valence-electron chi connectivity index (χ1n) is 7.80. The van der Waals surface area contributed by atoms with Crippen LogP contribution in [-0.4, -0.2) is 37.8 Å². The third-order valence-electron chi connectivity index (χ3n) is 4.03. The van der Waals surface area contributed by atoms with Gasteiger partial charge in [-0.1, -0.05) is 0 Å². The van der Waals surface area contributed by atoms with Gasteiger partial charge in [0.1, 0.15) is 5.65 Å². The highest BCUT2D eigenvalue weighted by Gasteiger charge is 2.12. The lowest BCUT2D eigenvalue weighted by Gasteiger charge is -2.00. The van der Waals surface area contributed by atoms with E-state index in [-0.39, 0.29) is 0 Å². The zero-order valence-corrected chi connectivity index (χ0v) is 12.9. The number of carbonyl (C=O) groups is 1. The van der Waals surface area contributed by atoms with Crippen molar-refractivity contribution < 1.29 is 4.79 Å².